The van der Waals surface area contributed by atoms with Crippen LogP contribution >= 0.6 is 0 Å². The molecule has 0 heterocycles. The van der Waals surface area contributed by atoms with E-state index in [0.29, 0.717) is 5.56 Å². The maximum absolute atomic E-state index is 12.0. The molecule has 0 unspecified atom stereocenters. The maximum atomic E-state index is 12.0. The Morgan fingerprint density at radius 1 is 1.30 bits per heavy atom. The van der Waals surface area contributed by atoms with Crippen molar-refractivity contribution >= 4 is 11.6 Å². The number of carbonyl (C=O) groups excluding carboxylic acids is 1. The highest BCUT2D eigenvalue weighted by Gasteiger charge is 2.14. The van der Waals surface area contributed by atoms with Crippen molar-refractivity contribution in [1.29, 1.82) is 5.26 Å². The molecule has 0 aliphatic rings. The second kappa shape index (κ2) is 5.76. The van der Waals surface area contributed by atoms with E-state index < -0.39 is 0 Å². The summed E-state index contributed by atoms with van der Waals surface area (Å²) in [5, 5.41) is 21.4. The van der Waals surface area contributed by atoms with E-state index in [2.05, 4.69) is 5.32 Å². The van der Waals surface area contributed by atoms with Gasteiger partial charge < -0.3 is 15.2 Å². The van der Waals surface area contributed by atoms with Crippen LogP contribution in [0.5, 0.6) is 11.5 Å². The zero-order valence-electron chi connectivity index (χ0n) is 10.8. The third-order valence-corrected chi connectivity index (χ3v) is 2.71. The molecule has 100 valence electrons. The zero-order valence-corrected chi connectivity index (χ0v) is 10.8. The Hall–Kier alpha value is -3.00. The third-order valence-electron chi connectivity index (χ3n) is 2.71. The molecule has 0 fully saturated rings. The number of methoxy groups -OCH3 is 1. The van der Waals surface area contributed by atoms with Crippen LogP contribution in [0.4, 0.5) is 5.69 Å². The molecule has 20 heavy (non-hydrogen) atoms. The predicted molar refractivity (Wildman–Crippen MR) is 73.8 cm³/mol. The van der Waals surface area contributed by atoms with Crippen LogP contribution in [0.15, 0.2) is 42.5 Å². The molecule has 0 aromatic heterocycles. The van der Waals surface area contributed by atoms with Crippen molar-refractivity contribution in [2.24, 2.45) is 0 Å². The minimum atomic E-state index is -0.377. The van der Waals surface area contributed by atoms with Gasteiger partial charge in [0.25, 0.3) is 5.91 Å². The summed E-state index contributed by atoms with van der Waals surface area (Å²) in [5.74, 6) is -0.457. The molecule has 0 saturated carbocycles. The minimum Gasteiger partial charge on any atom is -0.503 e. The second-order valence-electron chi connectivity index (χ2n) is 4.01. The monoisotopic (exact) mass is 268 g/mol. The van der Waals surface area contributed by atoms with Gasteiger partial charge in [0.05, 0.1) is 24.4 Å². The lowest BCUT2D eigenvalue weighted by Gasteiger charge is -2.11. The molecule has 0 bridgehead atoms. The van der Waals surface area contributed by atoms with Gasteiger partial charge in [0, 0.05) is 11.6 Å². The van der Waals surface area contributed by atoms with Gasteiger partial charge in [-0.15, -0.1) is 0 Å². The zero-order chi connectivity index (χ0) is 14.5. The molecule has 1 amide bonds. The minimum absolute atomic E-state index is 0.132. The van der Waals surface area contributed by atoms with Crippen molar-refractivity contribution < 1.29 is 14.6 Å². The summed E-state index contributed by atoms with van der Waals surface area (Å²) in [7, 11) is 1.37. The molecule has 0 atom stereocenters. The molecule has 2 aromatic rings. The summed E-state index contributed by atoms with van der Waals surface area (Å²) in [6.45, 7) is 0. The predicted octanol–water partition coefficient (Wildman–Crippen LogP) is 2.52. The Balaban J connectivity index is 2.34. The van der Waals surface area contributed by atoms with Gasteiger partial charge in [-0.25, -0.2) is 0 Å². The number of nitriles is 1. The van der Waals surface area contributed by atoms with Crippen molar-refractivity contribution in [1.82, 2.24) is 0 Å². The van der Waals surface area contributed by atoms with Crippen LogP contribution in [-0.4, -0.2) is 18.1 Å². The van der Waals surface area contributed by atoms with Crippen molar-refractivity contribution in [3.63, 3.8) is 0 Å². The lowest BCUT2D eigenvalue weighted by Crippen LogP contribution is -2.12. The van der Waals surface area contributed by atoms with E-state index in [9.17, 15) is 9.90 Å². The third kappa shape index (κ3) is 2.70. The van der Waals surface area contributed by atoms with E-state index >= 15 is 0 Å². The fourth-order valence-corrected chi connectivity index (χ4v) is 1.71. The normalized spacial score (nSPS) is 9.60. The van der Waals surface area contributed by atoms with Crippen molar-refractivity contribution in [3.05, 3.63) is 53.6 Å². The summed E-state index contributed by atoms with van der Waals surface area (Å²) < 4.78 is 4.96. The summed E-state index contributed by atoms with van der Waals surface area (Å²) in [6.07, 6.45) is 0. The first kappa shape index (κ1) is 13.4. The van der Waals surface area contributed by atoms with Crippen LogP contribution in [0.1, 0.15) is 15.9 Å². The molecule has 0 saturated heterocycles. The van der Waals surface area contributed by atoms with Crippen molar-refractivity contribution in [3.8, 4) is 17.6 Å². The lowest BCUT2D eigenvalue weighted by atomic mass is 10.1. The van der Waals surface area contributed by atoms with Crippen LogP contribution in [0.25, 0.3) is 0 Å². The summed E-state index contributed by atoms with van der Waals surface area (Å²) in [5.41, 5.74) is 0.867. The Kier molecular flexibility index (Phi) is 3.87. The number of nitrogens with one attached hydrogen (secondary N) is 1. The molecule has 5 nitrogen and oxygen atoms in total. The maximum Gasteiger partial charge on any atom is 0.255 e. The highest BCUT2D eigenvalue weighted by molar-refractivity contribution is 6.05. The number of phenolic OH excluding ortho intramolecular Hbond substituents is 1. The van der Waals surface area contributed by atoms with Gasteiger partial charge in [0.2, 0.25) is 0 Å². The number of hydrogen-bond acceptors (Lipinski definition) is 4. The van der Waals surface area contributed by atoms with E-state index in [0.717, 1.165) is 0 Å². The SMILES string of the molecule is COc1cc(C#N)cc(NC(=O)c2ccccc2)c1O. The van der Waals surface area contributed by atoms with Crippen LogP contribution in [0.3, 0.4) is 0 Å². The standard InChI is InChI=1S/C15H12N2O3/c1-20-13-8-10(9-16)7-12(14(13)18)17-15(19)11-5-3-2-4-6-11/h2-8,18H,1H3,(H,17,19). The van der Waals surface area contributed by atoms with Gasteiger partial charge in [0.15, 0.2) is 11.5 Å². The number of nitrogens with zero attached hydrogens (tertiary/aromatic N) is 1. The van der Waals surface area contributed by atoms with E-state index in [1.54, 1.807) is 30.3 Å². The number of benzene rings is 2. The number of amides is 1. The molecule has 0 radical (unpaired) electrons. The average molecular weight is 268 g/mol. The Morgan fingerprint density at radius 2 is 2.00 bits per heavy atom. The molecule has 2 aromatic carbocycles. The largest absolute Gasteiger partial charge is 0.503 e. The Labute approximate surface area is 116 Å². The van der Waals surface area contributed by atoms with Crippen molar-refractivity contribution in [2.75, 3.05) is 12.4 Å². The number of aromatic hydroxyl groups is 1. The van der Waals surface area contributed by atoms with Gasteiger partial charge in [-0.05, 0) is 18.2 Å². The number of phenols is 1. The first-order valence-electron chi connectivity index (χ1n) is 5.83. The first-order valence-corrected chi connectivity index (χ1v) is 5.83. The van der Waals surface area contributed by atoms with Crippen molar-refractivity contribution in [2.45, 2.75) is 0 Å². The topological polar surface area (TPSA) is 82.3 Å². The molecule has 0 spiro atoms. The van der Waals surface area contributed by atoms with E-state index in [1.165, 1.54) is 19.2 Å². The van der Waals surface area contributed by atoms with Crippen LogP contribution in [0.2, 0.25) is 0 Å². The molecule has 0 aliphatic carbocycles. The van der Waals surface area contributed by atoms with Gasteiger partial charge in [0.1, 0.15) is 0 Å². The van der Waals surface area contributed by atoms with Gasteiger partial charge in [-0.1, -0.05) is 18.2 Å². The highest BCUT2D eigenvalue weighted by Crippen LogP contribution is 2.35. The van der Waals surface area contributed by atoms with Crippen LogP contribution < -0.4 is 10.1 Å². The van der Waals surface area contributed by atoms with Crippen LogP contribution in [0, 0.1) is 11.3 Å². The number of hydrogen-bond donors (Lipinski definition) is 2. The molecule has 2 rings (SSSR count). The Morgan fingerprint density at radius 3 is 2.60 bits per heavy atom. The fourth-order valence-electron chi connectivity index (χ4n) is 1.71. The molecule has 2 N–H and O–H groups in total. The molecular formula is C15H12N2O3. The number of carbonyl (C=O) groups is 1. The summed E-state index contributed by atoms with van der Waals surface area (Å²) >= 11 is 0. The second-order valence-corrected chi connectivity index (χ2v) is 4.01. The summed E-state index contributed by atoms with van der Waals surface area (Å²) in [6, 6.07) is 13.3. The number of ether oxygens (including phenoxy) is 1. The molecule has 0 aliphatic heterocycles. The van der Waals surface area contributed by atoms with E-state index in [-0.39, 0.29) is 28.7 Å². The van der Waals surface area contributed by atoms with Gasteiger partial charge >= 0.3 is 0 Å². The highest BCUT2D eigenvalue weighted by atomic mass is 16.5. The van der Waals surface area contributed by atoms with E-state index in [1.807, 2.05) is 6.07 Å². The lowest BCUT2D eigenvalue weighted by molar-refractivity contribution is 0.102. The molecular weight excluding hydrogens is 256 g/mol. The van der Waals surface area contributed by atoms with Gasteiger partial charge in [-0.2, -0.15) is 5.26 Å². The summed E-state index contributed by atoms with van der Waals surface area (Å²) in [4.78, 5) is 12.0. The average Bonchev–Trinajstić information content (AvgIpc) is 2.50. The van der Waals surface area contributed by atoms with E-state index in [4.69, 9.17) is 10.00 Å². The van der Waals surface area contributed by atoms with Gasteiger partial charge in [-0.3, -0.25) is 4.79 Å². The fraction of sp³-hybridized carbons (Fsp3) is 0.0667. The van der Waals surface area contributed by atoms with Crippen LogP contribution in [-0.2, 0) is 0 Å². The first-order chi connectivity index (χ1) is 9.65. The Bertz CT molecular complexity index is 676. The quantitative estimate of drug-likeness (QED) is 0.838. The number of anilines is 1. The smallest absolute Gasteiger partial charge is 0.255 e. The molecule has 5 heteroatoms. The number of rotatable bonds is 3.